The molecule has 0 aliphatic rings. The molecule has 11 heteroatoms. The smallest absolute Gasteiger partial charge is 0.280 e. The second kappa shape index (κ2) is 7.87. The van der Waals surface area contributed by atoms with E-state index in [1.165, 1.54) is 24.3 Å². The number of alkyl halides is 3. The van der Waals surface area contributed by atoms with Crippen molar-refractivity contribution in [1.29, 1.82) is 0 Å². The highest BCUT2D eigenvalue weighted by Crippen LogP contribution is 2.31. The number of rotatable bonds is 7. The number of nitrogens with one attached hydrogen (secondary N) is 2. The van der Waals surface area contributed by atoms with Crippen LogP contribution in [-0.4, -0.2) is 23.4 Å². The summed E-state index contributed by atoms with van der Waals surface area (Å²) in [4.78, 5) is -0.614. The lowest BCUT2D eigenvalue weighted by Gasteiger charge is -2.11. The van der Waals surface area contributed by atoms with Gasteiger partial charge in [0.15, 0.2) is 0 Å². The van der Waals surface area contributed by atoms with Crippen molar-refractivity contribution in [1.82, 2.24) is 4.72 Å². The minimum Gasteiger partial charge on any atom is -0.280 e. The number of hydrogen-bond donors (Lipinski definition) is 2. The second-order valence-corrected chi connectivity index (χ2v) is 9.00. The van der Waals surface area contributed by atoms with Gasteiger partial charge in [-0.05, 0) is 48.9 Å². The Morgan fingerprint density at radius 2 is 1.52 bits per heavy atom. The second-order valence-electron chi connectivity index (χ2n) is 5.55. The van der Waals surface area contributed by atoms with Gasteiger partial charge in [0.25, 0.3) is 10.0 Å². The summed E-state index contributed by atoms with van der Waals surface area (Å²) in [6, 6.07) is 8.14. The van der Waals surface area contributed by atoms with Crippen molar-refractivity contribution in [2.24, 2.45) is 0 Å². The first kappa shape index (κ1) is 21.2. The van der Waals surface area contributed by atoms with Gasteiger partial charge in [0, 0.05) is 12.2 Å². The molecule has 6 nitrogen and oxygen atoms in total. The van der Waals surface area contributed by atoms with E-state index in [0.29, 0.717) is 12.5 Å². The molecule has 0 radical (unpaired) electrons. The number of benzene rings is 2. The molecule has 148 valence electrons. The van der Waals surface area contributed by atoms with Crippen molar-refractivity contribution in [3.63, 3.8) is 0 Å². The molecule has 27 heavy (non-hydrogen) atoms. The molecule has 0 aliphatic carbocycles. The van der Waals surface area contributed by atoms with E-state index in [2.05, 4.69) is 9.44 Å². The lowest BCUT2D eigenvalue weighted by Crippen LogP contribution is -2.24. The molecule has 2 aromatic carbocycles. The summed E-state index contributed by atoms with van der Waals surface area (Å²) >= 11 is 0. The standard InChI is InChI=1S/C16H17F3N2O4S2/c1-2-10-20-26(22,23)14-8-6-13(7-9-14)21-27(24,25)15-5-3-4-12(11-15)16(17,18)19/h3-9,11,20-21H,2,10H2,1H3. The van der Waals surface area contributed by atoms with Crippen LogP contribution in [-0.2, 0) is 26.2 Å². The molecule has 2 N–H and O–H groups in total. The van der Waals surface area contributed by atoms with Crippen LogP contribution in [0.25, 0.3) is 0 Å². The molecule has 0 saturated heterocycles. The number of anilines is 1. The SMILES string of the molecule is CCCNS(=O)(=O)c1ccc(NS(=O)(=O)c2cccc(C(F)(F)F)c2)cc1. The first-order chi connectivity index (χ1) is 12.5. The Bertz CT molecular complexity index is 1000. The molecular weight excluding hydrogens is 405 g/mol. The lowest BCUT2D eigenvalue weighted by atomic mass is 10.2. The Hall–Kier alpha value is -2.11. The predicted octanol–water partition coefficient (Wildman–Crippen LogP) is 3.19. The van der Waals surface area contributed by atoms with E-state index >= 15 is 0 Å². The van der Waals surface area contributed by atoms with E-state index in [1.807, 2.05) is 0 Å². The topological polar surface area (TPSA) is 92.3 Å². The Kier molecular flexibility index (Phi) is 6.17. The van der Waals surface area contributed by atoms with E-state index in [9.17, 15) is 30.0 Å². The van der Waals surface area contributed by atoms with E-state index in [0.717, 1.165) is 18.2 Å². The van der Waals surface area contributed by atoms with Gasteiger partial charge >= 0.3 is 6.18 Å². The van der Waals surface area contributed by atoms with Crippen molar-refractivity contribution >= 4 is 25.7 Å². The highest BCUT2D eigenvalue weighted by atomic mass is 32.2. The van der Waals surface area contributed by atoms with Gasteiger partial charge in [-0.25, -0.2) is 21.6 Å². The average Bonchev–Trinajstić information content (AvgIpc) is 2.59. The van der Waals surface area contributed by atoms with Crippen LogP contribution >= 0.6 is 0 Å². The van der Waals surface area contributed by atoms with Gasteiger partial charge in [0.1, 0.15) is 0 Å². The molecule has 0 amide bonds. The average molecular weight is 422 g/mol. The fraction of sp³-hybridized carbons (Fsp3) is 0.250. The maximum atomic E-state index is 12.7. The van der Waals surface area contributed by atoms with Crippen LogP contribution < -0.4 is 9.44 Å². The molecule has 0 saturated carbocycles. The van der Waals surface area contributed by atoms with Gasteiger partial charge in [-0.1, -0.05) is 13.0 Å². The van der Waals surface area contributed by atoms with Gasteiger partial charge < -0.3 is 0 Å². The van der Waals surface area contributed by atoms with Crippen LogP contribution in [0, 0.1) is 0 Å². The molecular formula is C16H17F3N2O4S2. The molecule has 2 rings (SSSR count). The zero-order chi connectivity index (χ0) is 20.3. The third-order valence-electron chi connectivity index (χ3n) is 3.43. The summed E-state index contributed by atoms with van der Waals surface area (Å²) in [6.07, 6.45) is -4.07. The summed E-state index contributed by atoms with van der Waals surface area (Å²) in [6.45, 7) is 2.06. The number of hydrogen-bond acceptors (Lipinski definition) is 4. The fourth-order valence-electron chi connectivity index (χ4n) is 2.08. The summed E-state index contributed by atoms with van der Waals surface area (Å²) in [5, 5.41) is 0. The normalized spacial score (nSPS) is 12.7. The maximum Gasteiger partial charge on any atom is 0.416 e. The molecule has 0 fully saturated rings. The molecule has 0 aromatic heterocycles. The third-order valence-corrected chi connectivity index (χ3v) is 6.29. The van der Waals surface area contributed by atoms with E-state index < -0.39 is 36.7 Å². The predicted molar refractivity (Wildman–Crippen MR) is 94.2 cm³/mol. The lowest BCUT2D eigenvalue weighted by molar-refractivity contribution is -0.137. The molecule has 0 heterocycles. The zero-order valence-corrected chi connectivity index (χ0v) is 15.7. The summed E-state index contributed by atoms with van der Waals surface area (Å²) in [5.74, 6) is 0. The van der Waals surface area contributed by atoms with Crippen molar-refractivity contribution < 1.29 is 30.0 Å². The van der Waals surface area contributed by atoms with Crippen molar-refractivity contribution in [2.45, 2.75) is 29.3 Å². The zero-order valence-electron chi connectivity index (χ0n) is 14.1. The highest BCUT2D eigenvalue weighted by Gasteiger charge is 2.31. The first-order valence-corrected chi connectivity index (χ1v) is 10.7. The summed E-state index contributed by atoms with van der Waals surface area (Å²) in [7, 11) is -7.98. The Labute approximate surface area is 155 Å². The van der Waals surface area contributed by atoms with E-state index in [4.69, 9.17) is 0 Å². The molecule has 0 bridgehead atoms. The van der Waals surface area contributed by atoms with Crippen LogP contribution in [0.5, 0.6) is 0 Å². The van der Waals surface area contributed by atoms with Crippen LogP contribution in [0.15, 0.2) is 58.3 Å². The minimum atomic E-state index is -4.67. The maximum absolute atomic E-state index is 12.7. The van der Waals surface area contributed by atoms with E-state index in [1.54, 1.807) is 6.92 Å². The number of halogens is 3. The molecule has 2 aromatic rings. The van der Waals surface area contributed by atoms with Gasteiger partial charge in [0.2, 0.25) is 10.0 Å². The molecule has 0 aliphatic heterocycles. The first-order valence-electron chi connectivity index (χ1n) is 7.75. The molecule has 0 spiro atoms. The van der Waals surface area contributed by atoms with Crippen molar-refractivity contribution in [3.05, 3.63) is 54.1 Å². The van der Waals surface area contributed by atoms with Crippen LogP contribution in [0.3, 0.4) is 0 Å². The summed E-state index contributed by atoms with van der Waals surface area (Å²) in [5.41, 5.74) is -1.07. The fourth-order valence-corrected chi connectivity index (χ4v) is 4.31. The van der Waals surface area contributed by atoms with Gasteiger partial charge in [-0.15, -0.1) is 0 Å². The minimum absolute atomic E-state index is 0.0156. The highest BCUT2D eigenvalue weighted by molar-refractivity contribution is 7.92. The Balaban J connectivity index is 2.24. The largest absolute Gasteiger partial charge is 0.416 e. The Morgan fingerprint density at radius 1 is 0.889 bits per heavy atom. The molecule has 0 unspecified atom stereocenters. The monoisotopic (exact) mass is 422 g/mol. The number of sulfonamides is 2. The van der Waals surface area contributed by atoms with Crippen LogP contribution in [0.2, 0.25) is 0 Å². The van der Waals surface area contributed by atoms with Crippen molar-refractivity contribution in [2.75, 3.05) is 11.3 Å². The third kappa shape index (κ3) is 5.44. The molecule has 0 atom stereocenters. The van der Waals surface area contributed by atoms with Crippen molar-refractivity contribution in [3.8, 4) is 0 Å². The van der Waals surface area contributed by atoms with E-state index in [-0.39, 0.29) is 17.1 Å². The van der Waals surface area contributed by atoms with Crippen LogP contribution in [0.4, 0.5) is 18.9 Å². The van der Waals surface area contributed by atoms with Gasteiger partial charge in [-0.3, -0.25) is 4.72 Å². The Morgan fingerprint density at radius 3 is 2.07 bits per heavy atom. The van der Waals surface area contributed by atoms with Gasteiger partial charge in [-0.2, -0.15) is 13.2 Å². The van der Waals surface area contributed by atoms with Crippen LogP contribution in [0.1, 0.15) is 18.9 Å². The summed E-state index contributed by atoms with van der Waals surface area (Å²) < 4.78 is 91.3. The van der Waals surface area contributed by atoms with Gasteiger partial charge in [0.05, 0.1) is 15.4 Å². The quantitative estimate of drug-likeness (QED) is 0.717.